The van der Waals surface area contributed by atoms with Gasteiger partial charge < -0.3 is 25.8 Å². The average molecular weight is 295 g/mol. The number of quaternary nitrogens is 1. The molecule has 1 N–H and O–H groups in total. The van der Waals surface area contributed by atoms with E-state index in [2.05, 4.69) is 11.6 Å². The van der Waals surface area contributed by atoms with Crippen molar-refractivity contribution in [1.82, 2.24) is 4.90 Å². The zero-order chi connectivity index (χ0) is 15.1. The summed E-state index contributed by atoms with van der Waals surface area (Å²) in [6, 6.07) is 0. The Kier molecular flexibility index (Phi) is 11.3. The number of hydrogen-bond acceptors (Lipinski definition) is 5. The molecule has 20 heavy (non-hydrogen) atoms. The number of nitrogens with zero attached hydrogens (tertiary/aromatic N) is 3. The molecule has 1 atom stereocenters. The molecule has 1 aliphatic heterocycles. The van der Waals surface area contributed by atoms with Gasteiger partial charge in [-0.3, -0.25) is 4.99 Å². The first-order chi connectivity index (χ1) is 8.67. The van der Waals surface area contributed by atoms with Gasteiger partial charge in [-0.2, -0.15) is 0 Å². The molecule has 0 bridgehead atoms. The fraction of sp³-hybridized carbons (Fsp3) is 0.692. The van der Waals surface area contributed by atoms with Crippen LogP contribution in [0.25, 0.3) is 0 Å². The Labute approximate surface area is 145 Å². The second-order valence-corrected chi connectivity index (χ2v) is 5.44. The quantitative estimate of drug-likeness (QED) is 0.320. The van der Waals surface area contributed by atoms with Crippen molar-refractivity contribution in [2.75, 3.05) is 40.8 Å². The summed E-state index contributed by atoms with van der Waals surface area (Å²) in [5.41, 5.74) is 0. The molecule has 1 rings (SSSR count). The predicted octanol–water partition coefficient (Wildman–Crippen LogP) is -3.83. The molecule has 0 amide bonds. The standard InChI is InChI=1S/C8H14N2O.C5H11NO2.Na.H/c1-3-4-8-9-5-6-10(8)7(2)11;1-6(2,3)4-5(7)8;;/h3,7,11H,1,4-6H2,2H3;4H2,1-3H3;;/q;;+1;-1. The SMILES string of the molecule is C=CCC1=NCCN1C(C)O.C[N+](C)(C)CC(=O)[O-].[H-].[Na+]. The van der Waals surface area contributed by atoms with E-state index >= 15 is 0 Å². The van der Waals surface area contributed by atoms with Crippen LogP contribution in [0.3, 0.4) is 0 Å². The number of carboxylic acid groups (broad SMARTS) is 1. The molecule has 1 aliphatic rings. The number of likely N-dealkylation sites (N-methyl/N-ethyl adjacent to an activating group) is 1. The van der Waals surface area contributed by atoms with Gasteiger partial charge in [-0.05, 0) is 6.92 Å². The van der Waals surface area contributed by atoms with Gasteiger partial charge in [0, 0.05) is 13.0 Å². The number of carbonyl (C=O) groups is 1. The normalized spacial score (nSPS) is 15.4. The zero-order valence-corrected chi connectivity index (χ0v) is 15.3. The summed E-state index contributed by atoms with van der Waals surface area (Å²) in [7, 11) is 5.40. The third kappa shape index (κ3) is 10.4. The third-order valence-electron chi connectivity index (χ3n) is 2.35. The molecule has 1 unspecified atom stereocenters. The zero-order valence-electron chi connectivity index (χ0n) is 14.3. The van der Waals surface area contributed by atoms with E-state index < -0.39 is 12.2 Å². The van der Waals surface area contributed by atoms with E-state index in [1.807, 2.05) is 4.90 Å². The maximum Gasteiger partial charge on any atom is 1.00 e. The summed E-state index contributed by atoms with van der Waals surface area (Å²) in [4.78, 5) is 16.0. The molecule has 0 saturated heterocycles. The number of aliphatic carboxylic acids is 1. The number of aliphatic hydroxyl groups is 1. The van der Waals surface area contributed by atoms with E-state index in [-0.39, 0.29) is 37.5 Å². The number of carbonyl (C=O) groups excluding carboxylic acids is 1. The van der Waals surface area contributed by atoms with Gasteiger partial charge in [0.05, 0.1) is 33.7 Å². The minimum absolute atomic E-state index is 0. The van der Waals surface area contributed by atoms with Crippen LogP contribution in [0, 0.1) is 0 Å². The predicted molar refractivity (Wildman–Crippen MR) is 74.5 cm³/mol. The monoisotopic (exact) mass is 295 g/mol. The second kappa shape index (κ2) is 10.3. The average Bonchev–Trinajstić information content (AvgIpc) is 2.63. The Morgan fingerprint density at radius 2 is 2.20 bits per heavy atom. The van der Waals surface area contributed by atoms with Crippen molar-refractivity contribution in [2.45, 2.75) is 19.6 Å². The molecule has 0 saturated carbocycles. The van der Waals surface area contributed by atoms with Gasteiger partial charge in [0.15, 0.2) is 0 Å². The summed E-state index contributed by atoms with van der Waals surface area (Å²) in [6.45, 7) is 7.09. The van der Waals surface area contributed by atoms with E-state index in [4.69, 9.17) is 0 Å². The van der Waals surface area contributed by atoms with Gasteiger partial charge >= 0.3 is 29.6 Å². The molecule has 0 spiro atoms. The van der Waals surface area contributed by atoms with Crippen molar-refractivity contribution < 1.29 is 50.5 Å². The Bertz CT molecular complexity index is 344. The summed E-state index contributed by atoms with van der Waals surface area (Å²) in [5.74, 6) is -0.0486. The van der Waals surface area contributed by atoms with Crippen molar-refractivity contribution >= 4 is 11.8 Å². The first-order valence-corrected chi connectivity index (χ1v) is 6.26. The number of hydrogen-bond donors (Lipinski definition) is 1. The fourth-order valence-corrected chi connectivity index (χ4v) is 1.61. The Hall–Kier alpha value is -0.400. The molecule has 0 aromatic heterocycles. The topological polar surface area (TPSA) is 76.0 Å². The minimum Gasteiger partial charge on any atom is -1.00 e. The molecule has 6 nitrogen and oxygen atoms in total. The Morgan fingerprint density at radius 3 is 2.50 bits per heavy atom. The Morgan fingerprint density at radius 1 is 1.65 bits per heavy atom. The third-order valence-corrected chi connectivity index (χ3v) is 2.35. The van der Waals surface area contributed by atoms with Crippen LogP contribution in [-0.4, -0.2) is 73.3 Å². The van der Waals surface area contributed by atoms with E-state index in [0.717, 1.165) is 25.3 Å². The van der Waals surface area contributed by atoms with Crippen molar-refractivity contribution in [3.63, 3.8) is 0 Å². The van der Waals surface area contributed by atoms with Gasteiger partial charge in [0.25, 0.3) is 0 Å². The van der Waals surface area contributed by atoms with Crippen LogP contribution < -0.4 is 34.7 Å². The summed E-state index contributed by atoms with van der Waals surface area (Å²) >= 11 is 0. The van der Waals surface area contributed by atoms with Gasteiger partial charge in [-0.1, -0.05) is 6.08 Å². The Balaban J connectivity index is -0.000000295. The maximum absolute atomic E-state index is 9.89. The van der Waals surface area contributed by atoms with Gasteiger partial charge in [0.1, 0.15) is 18.6 Å². The van der Waals surface area contributed by atoms with E-state index in [0.29, 0.717) is 4.48 Å². The molecule has 0 aromatic rings. The van der Waals surface area contributed by atoms with E-state index in [1.165, 1.54) is 0 Å². The van der Waals surface area contributed by atoms with Gasteiger partial charge in [-0.25, -0.2) is 0 Å². The van der Waals surface area contributed by atoms with Crippen molar-refractivity contribution in [2.24, 2.45) is 4.99 Å². The first-order valence-electron chi connectivity index (χ1n) is 6.26. The van der Waals surface area contributed by atoms with E-state index in [1.54, 1.807) is 34.1 Å². The van der Waals surface area contributed by atoms with Crippen LogP contribution in [0.4, 0.5) is 0 Å². The molecular formula is C13H26N3NaO3. The summed E-state index contributed by atoms with van der Waals surface area (Å²) in [5, 5.41) is 19.1. The van der Waals surface area contributed by atoms with Crippen molar-refractivity contribution in [3.8, 4) is 0 Å². The van der Waals surface area contributed by atoms with Gasteiger partial charge in [-0.15, -0.1) is 6.58 Å². The first kappa shape index (κ1) is 21.9. The van der Waals surface area contributed by atoms with Crippen LogP contribution in [-0.2, 0) is 4.79 Å². The van der Waals surface area contributed by atoms with Gasteiger partial charge in [0.2, 0.25) is 0 Å². The maximum atomic E-state index is 9.89. The van der Waals surface area contributed by atoms with Crippen LogP contribution in [0.15, 0.2) is 17.6 Å². The molecule has 0 fully saturated rings. The molecule has 1 heterocycles. The van der Waals surface area contributed by atoms with Crippen LogP contribution >= 0.6 is 0 Å². The summed E-state index contributed by atoms with van der Waals surface area (Å²) < 4.78 is 0.419. The molecule has 7 heteroatoms. The molecule has 0 aliphatic carbocycles. The molecule has 0 radical (unpaired) electrons. The molecule has 0 aromatic carbocycles. The van der Waals surface area contributed by atoms with Crippen molar-refractivity contribution in [1.29, 1.82) is 0 Å². The molecule has 112 valence electrons. The van der Waals surface area contributed by atoms with Crippen LogP contribution in [0.5, 0.6) is 0 Å². The number of carboxylic acids is 1. The summed E-state index contributed by atoms with van der Waals surface area (Å²) in [6.07, 6.45) is 2.14. The number of rotatable bonds is 5. The van der Waals surface area contributed by atoms with E-state index in [9.17, 15) is 15.0 Å². The smallest absolute Gasteiger partial charge is 1.00 e. The molecular weight excluding hydrogens is 269 g/mol. The number of amidine groups is 1. The van der Waals surface area contributed by atoms with Crippen LogP contribution in [0.1, 0.15) is 14.8 Å². The number of aliphatic hydroxyl groups excluding tert-OH is 1. The van der Waals surface area contributed by atoms with Crippen LogP contribution in [0.2, 0.25) is 0 Å². The van der Waals surface area contributed by atoms with Crippen molar-refractivity contribution in [3.05, 3.63) is 12.7 Å². The fourth-order valence-electron chi connectivity index (χ4n) is 1.61. The largest absolute Gasteiger partial charge is 1.00 e. The number of aliphatic imine (C=N–C) groups is 1. The minimum atomic E-state index is -1.00. The second-order valence-electron chi connectivity index (χ2n) is 5.44.